The van der Waals surface area contributed by atoms with Crippen LogP contribution in [0.5, 0.6) is 0 Å². The maximum absolute atomic E-state index is 12.3. The van der Waals surface area contributed by atoms with E-state index in [0.29, 0.717) is 18.9 Å². The lowest BCUT2D eigenvalue weighted by atomic mass is 9.84. The maximum Gasteiger partial charge on any atom is 0.328 e. The molecule has 1 rings (SSSR count). The lowest BCUT2D eigenvalue weighted by Crippen LogP contribution is -2.41. The molecule has 1 fully saturated rings. The molecule has 0 aliphatic carbocycles. The topological polar surface area (TPSA) is 46.6 Å². The van der Waals surface area contributed by atoms with Gasteiger partial charge < -0.3 is 9.64 Å². The van der Waals surface area contributed by atoms with Gasteiger partial charge in [-0.1, -0.05) is 27.7 Å². The van der Waals surface area contributed by atoms with Crippen LogP contribution < -0.4 is 0 Å². The molecule has 4 nitrogen and oxygen atoms in total. The monoisotopic (exact) mass is 269 g/mol. The summed E-state index contributed by atoms with van der Waals surface area (Å²) in [6, 6.07) is -0.362. The van der Waals surface area contributed by atoms with E-state index in [2.05, 4.69) is 27.7 Å². The zero-order valence-corrected chi connectivity index (χ0v) is 12.9. The first-order valence-electron chi connectivity index (χ1n) is 7.12. The minimum atomic E-state index is -0.362. The Morgan fingerprint density at radius 2 is 2.00 bits per heavy atom. The number of methoxy groups -OCH3 is 1. The molecule has 0 spiro atoms. The van der Waals surface area contributed by atoms with E-state index in [1.54, 1.807) is 4.90 Å². The molecule has 0 N–H and O–H groups in total. The summed E-state index contributed by atoms with van der Waals surface area (Å²) in [6.45, 7) is 9.33. The molecular weight excluding hydrogens is 242 g/mol. The summed E-state index contributed by atoms with van der Waals surface area (Å²) in [5, 5.41) is 0. The number of likely N-dealkylation sites (tertiary alicyclic amines) is 1. The third-order valence-electron chi connectivity index (χ3n) is 3.53. The predicted molar refractivity (Wildman–Crippen MR) is 74.6 cm³/mol. The van der Waals surface area contributed by atoms with Crippen LogP contribution in [0.1, 0.15) is 53.4 Å². The van der Waals surface area contributed by atoms with Gasteiger partial charge in [-0.25, -0.2) is 4.79 Å². The van der Waals surface area contributed by atoms with E-state index in [1.807, 2.05) is 0 Å². The van der Waals surface area contributed by atoms with Crippen molar-refractivity contribution in [3.8, 4) is 0 Å². The summed E-state index contributed by atoms with van der Waals surface area (Å²) in [6.07, 6.45) is 3.14. The van der Waals surface area contributed by atoms with Crippen LogP contribution in [-0.4, -0.2) is 36.5 Å². The fourth-order valence-electron chi connectivity index (χ4n) is 2.98. The zero-order chi connectivity index (χ0) is 14.6. The second-order valence-corrected chi connectivity index (χ2v) is 6.84. The summed E-state index contributed by atoms with van der Waals surface area (Å²) in [4.78, 5) is 25.6. The maximum atomic E-state index is 12.3. The molecular formula is C15H27NO3. The van der Waals surface area contributed by atoms with Gasteiger partial charge in [-0.2, -0.15) is 0 Å². The second kappa shape index (κ2) is 6.40. The largest absolute Gasteiger partial charge is 0.467 e. The molecule has 0 aromatic rings. The van der Waals surface area contributed by atoms with Crippen molar-refractivity contribution in [1.29, 1.82) is 0 Å². The normalized spacial score (nSPS) is 21.3. The Hall–Kier alpha value is -1.06. The highest BCUT2D eigenvalue weighted by Crippen LogP contribution is 2.27. The lowest BCUT2D eigenvalue weighted by Gasteiger charge is -2.27. The number of nitrogens with zero attached hydrogens (tertiary/aromatic N) is 1. The molecule has 2 atom stereocenters. The highest BCUT2D eigenvalue weighted by molar-refractivity contribution is 5.85. The summed E-state index contributed by atoms with van der Waals surface area (Å²) in [7, 11) is 1.38. The van der Waals surface area contributed by atoms with Crippen LogP contribution in [0.25, 0.3) is 0 Å². The minimum absolute atomic E-state index is 0.0876. The average molecular weight is 269 g/mol. The molecule has 0 saturated carbocycles. The van der Waals surface area contributed by atoms with Crippen LogP contribution >= 0.6 is 0 Å². The van der Waals surface area contributed by atoms with Gasteiger partial charge in [0.25, 0.3) is 0 Å². The molecule has 4 heteroatoms. The van der Waals surface area contributed by atoms with Crippen molar-refractivity contribution < 1.29 is 14.3 Å². The van der Waals surface area contributed by atoms with Crippen LogP contribution in [0.2, 0.25) is 0 Å². The Kier molecular flexibility index (Phi) is 5.39. The number of esters is 1. The lowest BCUT2D eigenvalue weighted by molar-refractivity contribution is -0.151. The van der Waals surface area contributed by atoms with E-state index in [4.69, 9.17) is 4.74 Å². The van der Waals surface area contributed by atoms with Gasteiger partial charge >= 0.3 is 5.97 Å². The minimum Gasteiger partial charge on any atom is -0.467 e. The smallest absolute Gasteiger partial charge is 0.328 e. The number of amides is 1. The van der Waals surface area contributed by atoms with Crippen LogP contribution in [0.15, 0.2) is 0 Å². The molecule has 0 aromatic heterocycles. The Balaban J connectivity index is 2.55. The Bertz CT molecular complexity index is 333. The van der Waals surface area contributed by atoms with Gasteiger partial charge in [0.15, 0.2) is 0 Å². The van der Waals surface area contributed by atoms with Crippen molar-refractivity contribution in [2.45, 2.75) is 59.4 Å². The molecule has 1 aliphatic heterocycles. The third-order valence-corrected chi connectivity index (χ3v) is 3.53. The van der Waals surface area contributed by atoms with E-state index >= 15 is 0 Å². The van der Waals surface area contributed by atoms with Crippen molar-refractivity contribution in [3.63, 3.8) is 0 Å². The van der Waals surface area contributed by atoms with Crippen LogP contribution in [0.3, 0.4) is 0 Å². The van der Waals surface area contributed by atoms with Crippen LogP contribution in [0, 0.1) is 11.3 Å². The quantitative estimate of drug-likeness (QED) is 0.737. The third kappa shape index (κ3) is 4.84. The highest BCUT2D eigenvalue weighted by Gasteiger charge is 2.35. The molecule has 1 aliphatic rings. The van der Waals surface area contributed by atoms with Gasteiger partial charge in [0.05, 0.1) is 7.11 Å². The summed E-state index contributed by atoms with van der Waals surface area (Å²) in [5.74, 6) is 0.144. The molecule has 110 valence electrons. The van der Waals surface area contributed by atoms with Gasteiger partial charge in [-0.15, -0.1) is 0 Å². The second-order valence-electron chi connectivity index (χ2n) is 6.84. The first kappa shape index (κ1) is 16.0. The van der Waals surface area contributed by atoms with E-state index < -0.39 is 0 Å². The molecule has 1 saturated heterocycles. The number of hydrogen-bond donors (Lipinski definition) is 0. The van der Waals surface area contributed by atoms with E-state index in [0.717, 1.165) is 19.3 Å². The van der Waals surface area contributed by atoms with Crippen molar-refractivity contribution in [1.82, 2.24) is 4.90 Å². The molecule has 1 amide bonds. The Morgan fingerprint density at radius 3 is 2.53 bits per heavy atom. The molecule has 0 radical (unpaired) electrons. The van der Waals surface area contributed by atoms with Crippen LogP contribution in [-0.2, 0) is 14.3 Å². The van der Waals surface area contributed by atoms with Crippen molar-refractivity contribution >= 4 is 11.9 Å². The highest BCUT2D eigenvalue weighted by atomic mass is 16.5. The van der Waals surface area contributed by atoms with E-state index in [1.165, 1.54) is 7.11 Å². The average Bonchev–Trinajstić information content (AvgIpc) is 2.73. The van der Waals surface area contributed by atoms with Gasteiger partial charge in [-0.3, -0.25) is 4.79 Å². The molecule has 0 aromatic carbocycles. The van der Waals surface area contributed by atoms with Gasteiger partial charge in [-0.05, 0) is 30.6 Å². The Morgan fingerprint density at radius 1 is 1.37 bits per heavy atom. The zero-order valence-electron chi connectivity index (χ0n) is 12.9. The fraction of sp³-hybridized carbons (Fsp3) is 0.867. The van der Waals surface area contributed by atoms with E-state index in [-0.39, 0.29) is 23.3 Å². The standard InChI is InChI=1S/C15H27NO3/c1-11(10-15(2,3)4)9-13(17)16-8-6-7-12(16)14(18)19-5/h11-12H,6-10H2,1-5H3. The van der Waals surface area contributed by atoms with Crippen LogP contribution in [0.4, 0.5) is 0 Å². The van der Waals surface area contributed by atoms with Gasteiger partial charge in [0.1, 0.15) is 6.04 Å². The SMILES string of the molecule is COC(=O)C1CCCN1C(=O)CC(C)CC(C)(C)C. The van der Waals surface area contributed by atoms with E-state index in [9.17, 15) is 9.59 Å². The summed E-state index contributed by atoms with van der Waals surface area (Å²) < 4.78 is 4.77. The number of rotatable bonds is 4. The predicted octanol–water partition coefficient (Wildman–Crippen LogP) is 2.61. The molecule has 1 heterocycles. The number of hydrogen-bond acceptors (Lipinski definition) is 3. The van der Waals surface area contributed by atoms with Crippen molar-refractivity contribution in [2.24, 2.45) is 11.3 Å². The number of carbonyl (C=O) groups excluding carboxylic acids is 2. The summed E-state index contributed by atoms with van der Waals surface area (Å²) in [5.41, 5.74) is 0.229. The first-order chi connectivity index (χ1) is 8.74. The number of ether oxygens (including phenoxy) is 1. The van der Waals surface area contributed by atoms with Crippen molar-refractivity contribution in [2.75, 3.05) is 13.7 Å². The molecule has 19 heavy (non-hydrogen) atoms. The number of carbonyl (C=O) groups is 2. The Labute approximate surface area is 116 Å². The molecule has 0 bridgehead atoms. The fourth-order valence-corrected chi connectivity index (χ4v) is 2.98. The first-order valence-corrected chi connectivity index (χ1v) is 7.12. The molecule has 2 unspecified atom stereocenters. The van der Waals surface area contributed by atoms with Gasteiger partial charge in [0.2, 0.25) is 5.91 Å². The van der Waals surface area contributed by atoms with Crippen molar-refractivity contribution in [3.05, 3.63) is 0 Å². The van der Waals surface area contributed by atoms with Gasteiger partial charge in [0, 0.05) is 13.0 Å². The summed E-state index contributed by atoms with van der Waals surface area (Å²) >= 11 is 0.